The Labute approximate surface area is 267 Å². The van der Waals surface area contributed by atoms with Gasteiger partial charge in [-0.2, -0.15) is 0 Å². The van der Waals surface area contributed by atoms with Crippen molar-refractivity contribution in [2.45, 2.75) is 122 Å². The largest absolute Gasteiger partial charge is 0.462 e. The van der Waals surface area contributed by atoms with Crippen LogP contribution < -0.4 is 0 Å². The molecule has 5 aliphatic rings. The van der Waals surface area contributed by atoms with Crippen LogP contribution in [0.1, 0.15) is 80.1 Å². The average Bonchev–Trinajstić information content (AvgIpc) is 3.32. The van der Waals surface area contributed by atoms with Crippen LogP contribution in [0.15, 0.2) is 63.9 Å². The van der Waals surface area contributed by atoms with Crippen LogP contribution in [0.25, 0.3) is 0 Å². The monoisotopic (exact) mass is 625 g/mol. The van der Waals surface area contributed by atoms with Crippen LogP contribution in [0.4, 0.5) is 0 Å². The van der Waals surface area contributed by atoms with Gasteiger partial charge in [-0.3, -0.25) is 4.79 Å². The van der Waals surface area contributed by atoms with Crippen molar-refractivity contribution in [1.82, 2.24) is 0 Å². The Kier molecular flexibility index (Phi) is 10.3. The lowest BCUT2D eigenvalue weighted by Gasteiger charge is -2.50. The van der Waals surface area contributed by atoms with Crippen molar-refractivity contribution in [2.75, 3.05) is 13.7 Å². The molecule has 0 aromatic heterocycles. The molecule has 248 valence electrons. The molecular weight excluding hydrogens is 574 g/mol. The summed E-state index contributed by atoms with van der Waals surface area (Å²) >= 11 is 0. The Bertz CT molecular complexity index is 1310. The molecule has 0 amide bonds. The predicted octanol–water partition coefficient (Wildman–Crippen LogP) is 5.48. The number of nitrogens with zero attached hydrogens (tertiary/aromatic N) is 1. The zero-order chi connectivity index (χ0) is 32.5. The maximum atomic E-state index is 14.1. The fourth-order valence-electron chi connectivity index (χ4n) is 7.75. The van der Waals surface area contributed by atoms with Gasteiger partial charge < -0.3 is 34.0 Å². The Balaban J connectivity index is 1.55. The van der Waals surface area contributed by atoms with Gasteiger partial charge in [-0.1, -0.05) is 68.0 Å². The summed E-state index contributed by atoms with van der Waals surface area (Å²) in [5.74, 6) is -2.46. The van der Waals surface area contributed by atoms with Crippen molar-refractivity contribution in [3.05, 3.63) is 58.7 Å². The summed E-state index contributed by atoms with van der Waals surface area (Å²) in [6.07, 6.45) is 12.3. The van der Waals surface area contributed by atoms with Crippen LogP contribution >= 0.6 is 0 Å². The van der Waals surface area contributed by atoms with E-state index in [9.17, 15) is 15.0 Å². The second-order valence-electron chi connectivity index (χ2n) is 13.7. The molecular formula is C36H51NO8. The molecule has 2 bridgehead atoms. The number of rotatable bonds is 3. The molecule has 1 aliphatic carbocycles. The second-order valence-corrected chi connectivity index (χ2v) is 13.7. The van der Waals surface area contributed by atoms with Gasteiger partial charge in [0.2, 0.25) is 0 Å². The van der Waals surface area contributed by atoms with Crippen LogP contribution in [-0.2, 0) is 28.6 Å². The molecule has 0 aromatic carbocycles. The number of hydrogen-bond acceptors (Lipinski definition) is 9. The van der Waals surface area contributed by atoms with Gasteiger partial charge in [-0.25, -0.2) is 0 Å². The number of hydrogen-bond donors (Lipinski definition) is 2. The summed E-state index contributed by atoms with van der Waals surface area (Å²) in [6, 6.07) is 0. The second kappa shape index (κ2) is 13.7. The normalized spacial score (nSPS) is 45.1. The zero-order valence-electron chi connectivity index (χ0n) is 27.8. The molecule has 0 radical (unpaired) electrons. The van der Waals surface area contributed by atoms with E-state index in [-0.39, 0.29) is 30.7 Å². The number of ether oxygens (including phenoxy) is 4. The van der Waals surface area contributed by atoms with Crippen molar-refractivity contribution in [3.8, 4) is 0 Å². The summed E-state index contributed by atoms with van der Waals surface area (Å²) in [4.78, 5) is 19.4. The van der Waals surface area contributed by atoms with Gasteiger partial charge >= 0.3 is 5.97 Å². The van der Waals surface area contributed by atoms with Gasteiger partial charge in [0.05, 0.1) is 24.5 Å². The van der Waals surface area contributed by atoms with Crippen molar-refractivity contribution >= 4 is 11.7 Å². The lowest BCUT2D eigenvalue weighted by molar-refractivity contribution is -0.313. The third-order valence-electron chi connectivity index (χ3n) is 10.1. The van der Waals surface area contributed by atoms with E-state index < -0.39 is 41.6 Å². The minimum absolute atomic E-state index is 0.0221. The number of carbonyl (C=O) groups is 1. The molecule has 45 heavy (non-hydrogen) atoms. The summed E-state index contributed by atoms with van der Waals surface area (Å²) in [5, 5.41) is 27.5. The first-order chi connectivity index (χ1) is 21.4. The number of aliphatic hydroxyl groups excluding tert-OH is 1. The van der Waals surface area contributed by atoms with Crippen molar-refractivity contribution < 1.29 is 38.8 Å². The standard InChI is InChI=1S/C36H51NO8/c1-8-10-23(4)32-25(6)30(37-41-7)19-35(45-32)18-28-17-27(44-35)14-13-22(3)15-21(2)11-9-12-26-20-42-33-31(38)24(5)16-29(34(39)43-28)36(26,33)40/h9-13,16,21,25,27-29,31-33,38,40H,8,14-15,17-20H2,1-7H3/b11-9+,22-13+,23-10+,26-12+,37-30+/t21-,25-,27+,28-,29-,31+,32+,33+,35-,36+/m0/s1. The van der Waals surface area contributed by atoms with E-state index in [2.05, 4.69) is 58.0 Å². The van der Waals surface area contributed by atoms with Gasteiger partial charge in [0, 0.05) is 25.2 Å². The van der Waals surface area contributed by atoms with Crippen LogP contribution in [0.3, 0.4) is 0 Å². The molecule has 2 N–H and O–H groups in total. The predicted molar refractivity (Wildman–Crippen MR) is 171 cm³/mol. The summed E-state index contributed by atoms with van der Waals surface area (Å²) in [5.41, 5.74) is 2.55. The molecule has 3 fully saturated rings. The maximum Gasteiger partial charge on any atom is 0.316 e. The van der Waals surface area contributed by atoms with E-state index in [0.29, 0.717) is 36.8 Å². The van der Waals surface area contributed by atoms with E-state index in [1.165, 1.54) is 5.57 Å². The molecule has 10 atom stereocenters. The van der Waals surface area contributed by atoms with Crippen molar-refractivity contribution in [2.24, 2.45) is 22.9 Å². The van der Waals surface area contributed by atoms with Crippen LogP contribution in [0.2, 0.25) is 0 Å². The van der Waals surface area contributed by atoms with Crippen molar-refractivity contribution in [3.63, 3.8) is 0 Å². The number of allylic oxidation sites excluding steroid dienone is 5. The van der Waals surface area contributed by atoms with E-state index in [0.717, 1.165) is 24.1 Å². The SMILES string of the molecule is CC/C=C(\C)[C@H]1O[C@]2(C/C(=N\OC)[C@@H]1C)C[C@@H]1C[C@@H](C/C=C(\C)C[C@@H](C)/C=C/C=C3\CO[C@@H]4[C@H](O)C(C)=C[C@@H](C(=O)O1)[C@]34O)O2. The van der Waals surface area contributed by atoms with Crippen LogP contribution in [0, 0.1) is 17.8 Å². The Morgan fingerprint density at radius 3 is 2.73 bits per heavy atom. The molecule has 0 aromatic rings. The molecule has 1 spiro atoms. The third-order valence-corrected chi connectivity index (χ3v) is 10.1. The minimum Gasteiger partial charge on any atom is -0.462 e. The summed E-state index contributed by atoms with van der Waals surface area (Å²) < 4.78 is 25.9. The first-order valence-electron chi connectivity index (χ1n) is 16.5. The third kappa shape index (κ3) is 6.79. The molecule has 5 rings (SSSR count). The molecule has 9 nitrogen and oxygen atoms in total. The fraction of sp³-hybridized carbons (Fsp3) is 0.667. The highest BCUT2D eigenvalue weighted by Gasteiger charge is 2.60. The number of oxime groups is 1. The van der Waals surface area contributed by atoms with Crippen LogP contribution in [0.5, 0.6) is 0 Å². The summed E-state index contributed by atoms with van der Waals surface area (Å²) in [7, 11) is 1.54. The smallest absolute Gasteiger partial charge is 0.316 e. The van der Waals surface area contributed by atoms with Gasteiger partial charge in [0.15, 0.2) is 5.79 Å². The maximum absolute atomic E-state index is 14.1. The highest BCUT2D eigenvalue weighted by Crippen LogP contribution is 2.47. The Morgan fingerprint density at radius 2 is 2.00 bits per heavy atom. The fourth-order valence-corrected chi connectivity index (χ4v) is 7.75. The van der Waals surface area contributed by atoms with Gasteiger partial charge in [0.1, 0.15) is 36.9 Å². The number of carbonyl (C=O) groups excluding carboxylic acids is 1. The highest BCUT2D eigenvalue weighted by molar-refractivity contribution is 5.88. The highest BCUT2D eigenvalue weighted by atomic mass is 16.7. The molecule has 4 aliphatic heterocycles. The Morgan fingerprint density at radius 1 is 1.22 bits per heavy atom. The number of esters is 1. The Hall–Kier alpha value is -2.56. The summed E-state index contributed by atoms with van der Waals surface area (Å²) in [6.45, 7) is 12.4. The molecule has 3 saturated heterocycles. The quantitative estimate of drug-likeness (QED) is 0.241. The topological polar surface area (TPSA) is 116 Å². The average molecular weight is 626 g/mol. The van der Waals surface area contributed by atoms with Gasteiger partial charge in [0.25, 0.3) is 0 Å². The van der Waals surface area contributed by atoms with Gasteiger partial charge in [-0.05, 0) is 62.7 Å². The number of fused-ring (bicyclic) bond motifs is 2. The van der Waals surface area contributed by atoms with E-state index >= 15 is 0 Å². The van der Waals surface area contributed by atoms with Crippen molar-refractivity contribution in [1.29, 1.82) is 0 Å². The lowest BCUT2D eigenvalue weighted by Crippen LogP contribution is -2.59. The molecule has 0 saturated carbocycles. The minimum atomic E-state index is -1.74. The van der Waals surface area contributed by atoms with E-state index in [4.69, 9.17) is 23.8 Å². The lowest BCUT2D eigenvalue weighted by atomic mass is 9.71. The molecule has 9 heteroatoms. The van der Waals surface area contributed by atoms with Gasteiger partial charge in [-0.15, -0.1) is 0 Å². The first kappa shape index (κ1) is 33.8. The van der Waals surface area contributed by atoms with Crippen LogP contribution in [-0.4, -0.2) is 77.5 Å². The molecule has 4 heterocycles. The first-order valence-corrected chi connectivity index (χ1v) is 16.5. The van der Waals surface area contributed by atoms with E-state index in [1.807, 2.05) is 12.2 Å². The zero-order valence-corrected chi connectivity index (χ0v) is 27.8. The number of aliphatic hydroxyl groups is 2. The van der Waals surface area contributed by atoms with E-state index in [1.54, 1.807) is 20.1 Å². The molecule has 0 unspecified atom stereocenters.